The number of hydrogen-bond donors (Lipinski definition) is 0. The summed E-state index contributed by atoms with van der Waals surface area (Å²) in [5, 5.41) is 0. The monoisotopic (exact) mass is 270 g/mol. The molecule has 0 aliphatic carbocycles. The lowest BCUT2D eigenvalue weighted by atomic mass is 9.98. The standard InChI is InChI=1S/C15H30O2Si/c1-13(2)10-11-15(16)14(3)9-7-8-12-17-18(4,5)6/h10-11,13-14H,7-9,12H2,1-6H3/b11-10+. The Balaban J connectivity index is 3.71. The average Bonchev–Trinajstić information content (AvgIpc) is 2.23. The molecule has 0 radical (unpaired) electrons. The highest BCUT2D eigenvalue weighted by Crippen LogP contribution is 2.12. The zero-order chi connectivity index (χ0) is 14.2. The molecule has 18 heavy (non-hydrogen) atoms. The molecule has 0 rings (SSSR count). The molecule has 1 atom stereocenters. The van der Waals surface area contributed by atoms with Gasteiger partial charge in [0, 0.05) is 12.5 Å². The molecular formula is C15H30O2Si. The molecule has 0 bridgehead atoms. The number of ketones is 1. The molecule has 1 unspecified atom stereocenters. The first-order chi connectivity index (χ1) is 8.22. The molecule has 0 fully saturated rings. The lowest BCUT2D eigenvalue weighted by molar-refractivity contribution is -0.118. The third-order valence-corrected chi connectivity index (χ3v) is 3.77. The van der Waals surface area contributed by atoms with E-state index in [1.807, 2.05) is 13.0 Å². The van der Waals surface area contributed by atoms with Crippen molar-refractivity contribution in [3.63, 3.8) is 0 Å². The van der Waals surface area contributed by atoms with Gasteiger partial charge in [0.05, 0.1) is 0 Å². The van der Waals surface area contributed by atoms with Gasteiger partial charge in [-0.25, -0.2) is 0 Å². The van der Waals surface area contributed by atoms with E-state index in [9.17, 15) is 4.79 Å². The van der Waals surface area contributed by atoms with Crippen molar-refractivity contribution in [3.05, 3.63) is 12.2 Å². The van der Waals surface area contributed by atoms with Gasteiger partial charge < -0.3 is 4.43 Å². The van der Waals surface area contributed by atoms with E-state index in [-0.39, 0.29) is 11.7 Å². The molecular weight excluding hydrogens is 240 g/mol. The van der Waals surface area contributed by atoms with Gasteiger partial charge in [0.1, 0.15) is 0 Å². The van der Waals surface area contributed by atoms with E-state index < -0.39 is 8.32 Å². The van der Waals surface area contributed by atoms with Gasteiger partial charge in [-0.05, 0) is 44.5 Å². The Kier molecular flexibility index (Phi) is 8.45. The fraction of sp³-hybridized carbons (Fsp3) is 0.800. The maximum atomic E-state index is 11.8. The molecule has 0 heterocycles. The first-order valence-corrected chi connectivity index (χ1v) is 10.5. The fourth-order valence-corrected chi connectivity index (χ4v) is 2.28. The predicted octanol–water partition coefficient (Wildman–Crippen LogP) is 4.43. The van der Waals surface area contributed by atoms with Crippen LogP contribution in [0.2, 0.25) is 19.6 Å². The van der Waals surface area contributed by atoms with Crippen molar-refractivity contribution < 1.29 is 9.22 Å². The van der Waals surface area contributed by atoms with E-state index in [2.05, 4.69) is 33.5 Å². The summed E-state index contributed by atoms with van der Waals surface area (Å²) >= 11 is 0. The van der Waals surface area contributed by atoms with Crippen molar-refractivity contribution >= 4 is 14.1 Å². The van der Waals surface area contributed by atoms with Crippen LogP contribution in [0, 0.1) is 11.8 Å². The smallest absolute Gasteiger partial charge is 0.183 e. The second-order valence-corrected chi connectivity index (χ2v) is 10.9. The third kappa shape index (κ3) is 10.7. The van der Waals surface area contributed by atoms with Gasteiger partial charge in [0.25, 0.3) is 0 Å². The average molecular weight is 270 g/mol. The molecule has 0 saturated carbocycles. The molecule has 0 aromatic heterocycles. The number of rotatable bonds is 9. The summed E-state index contributed by atoms with van der Waals surface area (Å²) in [5.74, 6) is 0.855. The first kappa shape index (κ1) is 17.6. The van der Waals surface area contributed by atoms with Crippen LogP contribution < -0.4 is 0 Å². The van der Waals surface area contributed by atoms with Gasteiger partial charge in [-0.15, -0.1) is 0 Å². The van der Waals surface area contributed by atoms with Gasteiger partial charge in [-0.2, -0.15) is 0 Å². The molecule has 0 spiro atoms. The minimum absolute atomic E-state index is 0.145. The van der Waals surface area contributed by atoms with Crippen LogP contribution in [0.3, 0.4) is 0 Å². The molecule has 0 aromatic rings. The molecule has 0 saturated heterocycles. The van der Waals surface area contributed by atoms with Crippen LogP contribution in [0.4, 0.5) is 0 Å². The minimum atomic E-state index is -1.36. The Morgan fingerprint density at radius 1 is 1.17 bits per heavy atom. The summed E-state index contributed by atoms with van der Waals surface area (Å²) in [5.41, 5.74) is 0. The van der Waals surface area contributed by atoms with Crippen molar-refractivity contribution in [1.29, 1.82) is 0 Å². The molecule has 0 N–H and O–H groups in total. The van der Waals surface area contributed by atoms with E-state index in [0.717, 1.165) is 25.9 Å². The highest BCUT2D eigenvalue weighted by Gasteiger charge is 2.14. The zero-order valence-corrected chi connectivity index (χ0v) is 14.0. The van der Waals surface area contributed by atoms with Gasteiger partial charge >= 0.3 is 0 Å². The second kappa shape index (κ2) is 8.65. The number of carbonyl (C=O) groups excluding carboxylic acids is 1. The zero-order valence-electron chi connectivity index (χ0n) is 13.0. The summed E-state index contributed by atoms with van der Waals surface area (Å²) in [6.07, 6.45) is 6.83. The molecule has 3 heteroatoms. The van der Waals surface area contributed by atoms with Gasteiger partial charge in [-0.1, -0.05) is 33.3 Å². The number of hydrogen-bond acceptors (Lipinski definition) is 2. The van der Waals surface area contributed by atoms with Crippen LogP contribution in [-0.4, -0.2) is 20.7 Å². The van der Waals surface area contributed by atoms with Crippen molar-refractivity contribution in [1.82, 2.24) is 0 Å². The highest BCUT2D eigenvalue weighted by molar-refractivity contribution is 6.69. The Labute approximate surface area is 114 Å². The molecule has 2 nitrogen and oxygen atoms in total. The van der Waals surface area contributed by atoms with Gasteiger partial charge in [-0.3, -0.25) is 4.79 Å². The lowest BCUT2D eigenvalue weighted by Gasteiger charge is -2.17. The van der Waals surface area contributed by atoms with Gasteiger partial charge in [0.2, 0.25) is 0 Å². The molecule has 106 valence electrons. The molecule has 0 aliphatic heterocycles. The fourth-order valence-electron chi connectivity index (χ4n) is 1.52. The molecule has 0 amide bonds. The first-order valence-electron chi connectivity index (χ1n) is 7.08. The van der Waals surface area contributed by atoms with E-state index in [0.29, 0.717) is 5.92 Å². The van der Waals surface area contributed by atoms with Gasteiger partial charge in [0.15, 0.2) is 14.1 Å². The third-order valence-electron chi connectivity index (χ3n) is 2.70. The van der Waals surface area contributed by atoms with E-state index in [1.54, 1.807) is 6.08 Å². The van der Waals surface area contributed by atoms with Crippen LogP contribution >= 0.6 is 0 Å². The minimum Gasteiger partial charge on any atom is -0.418 e. The normalized spacial score (nSPS) is 14.4. The summed E-state index contributed by atoms with van der Waals surface area (Å²) < 4.78 is 5.79. The van der Waals surface area contributed by atoms with Crippen LogP contribution in [-0.2, 0) is 9.22 Å². The van der Waals surface area contributed by atoms with Crippen molar-refractivity contribution in [2.45, 2.75) is 59.7 Å². The van der Waals surface area contributed by atoms with Crippen molar-refractivity contribution in [2.24, 2.45) is 11.8 Å². The topological polar surface area (TPSA) is 26.3 Å². The van der Waals surface area contributed by atoms with Crippen molar-refractivity contribution in [2.75, 3.05) is 6.61 Å². The Bertz CT molecular complexity index is 264. The summed E-state index contributed by atoms with van der Waals surface area (Å²) in [4.78, 5) is 11.8. The summed E-state index contributed by atoms with van der Waals surface area (Å²) in [6.45, 7) is 13.6. The number of allylic oxidation sites excluding steroid dienone is 2. The van der Waals surface area contributed by atoms with E-state index >= 15 is 0 Å². The van der Waals surface area contributed by atoms with E-state index in [1.165, 1.54) is 0 Å². The van der Waals surface area contributed by atoms with Crippen LogP contribution in [0.25, 0.3) is 0 Å². The van der Waals surface area contributed by atoms with Crippen LogP contribution in [0.1, 0.15) is 40.0 Å². The SMILES string of the molecule is CC(C)/C=C/C(=O)C(C)CCCCO[Si](C)(C)C. The summed E-state index contributed by atoms with van der Waals surface area (Å²) in [7, 11) is -1.36. The Morgan fingerprint density at radius 2 is 1.78 bits per heavy atom. The number of carbonyl (C=O) groups is 1. The largest absolute Gasteiger partial charge is 0.418 e. The Hall–Kier alpha value is -0.413. The van der Waals surface area contributed by atoms with Crippen LogP contribution in [0.5, 0.6) is 0 Å². The summed E-state index contributed by atoms with van der Waals surface area (Å²) in [6, 6.07) is 0. The predicted molar refractivity (Wildman–Crippen MR) is 81.3 cm³/mol. The maximum Gasteiger partial charge on any atom is 0.183 e. The van der Waals surface area contributed by atoms with E-state index in [4.69, 9.17) is 4.43 Å². The lowest BCUT2D eigenvalue weighted by Crippen LogP contribution is -2.25. The van der Waals surface area contributed by atoms with Crippen LogP contribution in [0.15, 0.2) is 12.2 Å². The number of unbranched alkanes of at least 4 members (excludes halogenated alkanes) is 1. The second-order valence-electron chi connectivity index (χ2n) is 6.36. The quantitative estimate of drug-likeness (QED) is 0.352. The maximum absolute atomic E-state index is 11.8. The molecule has 0 aliphatic rings. The Morgan fingerprint density at radius 3 is 2.28 bits per heavy atom. The highest BCUT2D eigenvalue weighted by atomic mass is 28.4. The van der Waals surface area contributed by atoms with Crippen molar-refractivity contribution in [3.8, 4) is 0 Å². The molecule has 0 aromatic carbocycles.